The molecule has 0 radical (unpaired) electrons. The maximum Gasteiger partial charge on any atom is 0.336 e. The number of hydrogen-bond acceptors (Lipinski definition) is 10. The van der Waals surface area contributed by atoms with Gasteiger partial charge in [0.1, 0.15) is 0 Å². The number of hydrogen-bond donors (Lipinski definition) is 6. The second-order valence-electron chi connectivity index (χ2n) is 8.00. The van der Waals surface area contributed by atoms with E-state index < -0.39 is 78.8 Å². The summed E-state index contributed by atoms with van der Waals surface area (Å²) < 4.78 is 9.96. The van der Waals surface area contributed by atoms with Crippen LogP contribution in [0.5, 0.6) is 0 Å². The third kappa shape index (κ3) is 11.0. The van der Waals surface area contributed by atoms with Gasteiger partial charge in [0.15, 0.2) is 11.2 Å². The number of ether oxygens (including phenoxy) is 2. The lowest BCUT2D eigenvalue weighted by Gasteiger charge is -2.23. The van der Waals surface area contributed by atoms with E-state index in [1.54, 1.807) is 6.92 Å². The van der Waals surface area contributed by atoms with Gasteiger partial charge in [0.05, 0.1) is 38.4 Å². The maximum atomic E-state index is 11.9. The Morgan fingerprint density at radius 2 is 1.18 bits per heavy atom. The highest BCUT2D eigenvalue weighted by atomic mass is 16.5. The topological polar surface area (TPSA) is 242 Å². The standard InChI is InChI=1S/C20H30O14/c1-3-12(10-33-15(25)8-19(31,17(27)28)6-13(21)22)5-4-11(2)34-16(26)9-20(32,18(29)30)7-14(23)24/h11-12,31-32H,3-10H2,1-2H3,(H,21,22)(H,23,24)(H,27,28)(H,29,30). The van der Waals surface area contributed by atoms with Crippen LogP contribution in [-0.2, 0) is 38.2 Å². The molecule has 0 aromatic rings. The van der Waals surface area contributed by atoms with Crippen LogP contribution in [0.15, 0.2) is 0 Å². The van der Waals surface area contributed by atoms with E-state index in [1.807, 2.05) is 0 Å². The van der Waals surface area contributed by atoms with Crippen LogP contribution in [0, 0.1) is 5.92 Å². The third-order valence-corrected chi connectivity index (χ3v) is 4.93. The summed E-state index contributed by atoms with van der Waals surface area (Å²) in [5.74, 6) is -9.50. The molecule has 0 aromatic heterocycles. The summed E-state index contributed by atoms with van der Waals surface area (Å²) in [6.07, 6.45) is -4.23. The first-order valence-electron chi connectivity index (χ1n) is 10.2. The van der Waals surface area contributed by atoms with Gasteiger partial charge in [0.25, 0.3) is 0 Å². The van der Waals surface area contributed by atoms with Crippen molar-refractivity contribution in [2.45, 2.75) is 76.1 Å². The van der Waals surface area contributed by atoms with Crippen LogP contribution in [0.25, 0.3) is 0 Å². The van der Waals surface area contributed by atoms with Crippen molar-refractivity contribution < 1.29 is 68.9 Å². The summed E-state index contributed by atoms with van der Waals surface area (Å²) in [5, 5.41) is 55.1. The van der Waals surface area contributed by atoms with Crippen LogP contribution in [0.3, 0.4) is 0 Å². The number of carbonyl (C=O) groups is 6. The number of aliphatic carboxylic acids is 4. The molecule has 6 N–H and O–H groups in total. The van der Waals surface area contributed by atoms with Crippen molar-refractivity contribution in [2.24, 2.45) is 5.92 Å². The number of carboxylic acids is 4. The van der Waals surface area contributed by atoms with Gasteiger partial charge in [0, 0.05) is 0 Å². The molecule has 14 heteroatoms. The van der Waals surface area contributed by atoms with E-state index in [9.17, 15) is 39.0 Å². The fourth-order valence-corrected chi connectivity index (χ4v) is 2.87. The minimum Gasteiger partial charge on any atom is -0.481 e. The molecule has 4 unspecified atom stereocenters. The lowest BCUT2D eigenvalue weighted by atomic mass is 9.95. The number of carbonyl (C=O) groups excluding carboxylic acids is 2. The Hall–Kier alpha value is -3.26. The van der Waals surface area contributed by atoms with Crippen molar-refractivity contribution in [2.75, 3.05) is 6.61 Å². The van der Waals surface area contributed by atoms with Gasteiger partial charge in [0.2, 0.25) is 0 Å². The molecule has 0 fully saturated rings. The molecule has 0 aliphatic rings. The third-order valence-electron chi connectivity index (χ3n) is 4.93. The lowest BCUT2D eigenvalue weighted by molar-refractivity contribution is -0.173. The van der Waals surface area contributed by atoms with Gasteiger partial charge in [-0.15, -0.1) is 0 Å². The van der Waals surface area contributed by atoms with Crippen LogP contribution in [-0.4, -0.2) is 90.4 Å². The average molecular weight is 494 g/mol. The first kappa shape index (κ1) is 30.7. The van der Waals surface area contributed by atoms with E-state index in [2.05, 4.69) is 0 Å². The van der Waals surface area contributed by atoms with Gasteiger partial charge in [-0.1, -0.05) is 13.3 Å². The Morgan fingerprint density at radius 3 is 1.56 bits per heavy atom. The van der Waals surface area contributed by atoms with E-state index in [4.69, 9.17) is 29.9 Å². The highest BCUT2D eigenvalue weighted by Gasteiger charge is 2.42. The van der Waals surface area contributed by atoms with Crippen LogP contribution in [0.1, 0.15) is 58.8 Å². The fraction of sp³-hybridized carbons (Fsp3) is 0.700. The number of aliphatic hydroxyl groups is 2. The zero-order valence-electron chi connectivity index (χ0n) is 18.8. The molecule has 0 aliphatic heterocycles. The molecule has 0 saturated carbocycles. The Morgan fingerprint density at radius 1 is 0.735 bits per heavy atom. The summed E-state index contributed by atoms with van der Waals surface area (Å²) in [5.41, 5.74) is -5.63. The second-order valence-corrected chi connectivity index (χ2v) is 8.00. The van der Waals surface area contributed by atoms with E-state index in [1.165, 1.54) is 6.92 Å². The molecule has 0 amide bonds. The predicted octanol–water partition coefficient (Wildman–Crippen LogP) is -0.371. The minimum absolute atomic E-state index is 0.184. The summed E-state index contributed by atoms with van der Waals surface area (Å²) in [6.45, 7) is 3.05. The molecule has 194 valence electrons. The van der Waals surface area contributed by atoms with Crippen molar-refractivity contribution in [3.8, 4) is 0 Å². The van der Waals surface area contributed by atoms with Gasteiger partial charge in [-0.2, -0.15) is 0 Å². The van der Waals surface area contributed by atoms with E-state index >= 15 is 0 Å². The molecule has 0 rings (SSSR count). The molecular weight excluding hydrogens is 464 g/mol. The van der Waals surface area contributed by atoms with Crippen molar-refractivity contribution in [3.63, 3.8) is 0 Å². The monoisotopic (exact) mass is 494 g/mol. The number of esters is 2. The molecule has 0 bridgehead atoms. The highest BCUT2D eigenvalue weighted by molar-refractivity contribution is 5.89. The lowest BCUT2D eigenvalue weighted by Crippen LogP contribution is -2.43. The fourth-order valence-electron chi connectivity index (χ4n) is 2.87. The molecule has 4 atom stereocenters. The predicted molar refractivity (Wildman–Crippen MR) is 108 cm³/mol. The van der Waals surface area contributed by atoms with Crippen molar-refractivity contribution in [3.05, 3.63) is 0 Å². The Bertz CT molecular complexity index is 777. The molecular formula is C20H30O14. The SMILES string of the molecule is CCC(CCC(C)OC(=O)CC(O)(CC(=O)O)C(=O)O)COC(=O)CC(O)(CC(=O)O)C(=O)O. The first-order chi connectivity index (χ1) is 15.5. The number of rotatable bonds is 17. The second kappa shape index (κ2) is 13.4. The van der Waals surface area contributed by atoms with Gasteiger partial charge in [-0.05, 0) is 25.7 Å². The average Bonchev–Trinajstić information content (AvgIpc) is 2.66. The summed E-state index contributed by atoms with van der Waals surface area (Å²) in [4.78, 5) is 67.4. The summed E-state index contributed by atoms with van der Waals surface area (Å²) in [6, 6.07) is 0. The molecule has 0 saturated heterocycles. The van der Waals surface area contributed by atoms with Crippen LogP contribution >= 0.6 is 0 Å². The highest BCUT2D eigenvalue weighted by Crippen LogP contribution is 2.21. The molecule has 14 nitrogen and oxygen atoms in total. The zero-order valence-corrected chi connectivity index (χ0v) is 18.8. The van der Waals surface area contributed by atoms with Crippen molar-refractivity contribution in [1.29, 1.82) is 0 Å². The smallest absolute Gasteiger partial charge is 0.336 e. The maximum absolute atomic E-state index is 11.9. The molecule has 0 heterocycles. The van der Waals surface area contributed by atoms with Gasteiger partial charge in [-0.3, -0.25) is 19.2 Å². The Labute approximate surface area is 194 Å². The van der Waals surface area contributed by atoms with E-state index in [-0.39, 0.29) is 18.9 Å². The van der Waals surface area contributed by atoms with Crippen LogP contribution in [0.4, 0.5) is 0 Å². The van der Waals surface area contributed by atoms with E-state index in [0.29, 0.717) is 12.8 Å². The van der Waals surface area contributed by atoms with Crippen LogP contribution in [0.2, 0.25) is 0 Å². The van der Waals surface area contributed by atoms with Gasteiger partial charge < -0.3 is 40.1 Å². The molecule has 0 aromatic carbocycles. The van der Waals surface area contributed by atoms with Crippen LogP contribution < -0.4 is 0 Å². The number of carboxylic acid groups (broad SMARTS) is 4. The zero-order chi connectivity index (χ0) is 26.7. The van der Waals surface area contributed by atoms with Gasteiger partial charge >= 0.3 is 35.8 Å². The first-order valence-corrected chi connectivity index (χ1v) is 10.2. The summed E-state index contributed by atoms with van der Waals surface area (Å²) in [7, 11) is 0. The molecule has 34 heavy (non-hydrogen) atoms. The quantitative estimate of drug-likeness (QED) is 0.141. The Kier molecular flexibility index (Phi) is 12.2. The Balaban J connectivity index is 4.70. The normalized spacial score (nSPS) is 16.2. The largest absolute Gasteiger partial charge is 0.481 e. The van der Waals surface area contributed by atoms with Crippen molar-refractivity contribution in [1.82, 2.24) is 0 Å². The van der Waals surface area contributed by atoms with Crippen molar-refractivity contribution >= 4 is 35.8 Å². The molecule has 0 spiro atoms. The van der Waals surface area contributed by atoms with Gasteiger partial charge in [-0.25, -0.2) is 9.59 Å². The molecule has 0 aliphatic carbocycles. The van der Waals surface area contributed by atoms with E-state index in [0.717, 1.165) is 0 Å². The minimum atomic E-state index is -2.82. The summed E-state index contributed by atoms with van der Waals surface area (Å²) >= 11 is 0.